The van der Waals surface area contributed by atoms with E-state index in [1.165, 1.54) is 0 Å². The highest BCUT2D eigenvalue weighted by Gasteiger charge is 2.31. The summed E-state index contributed by atoms with van der Waals surface area (Å²) in [6.07, 6.45) is 0. The molecule has 1 aliphatic rings. The van der Waals surface area contributed by atoms with Crippen molar-refractivity contribution in [3.8, 4) is 0 Å². The highest BCUT2D eigenvalue weighted by molar-refractivity contribution is 6.61. The van der Waals surface area contributed by atoms with Gasteiger partial charge in [-0.15, -0.1) is 0 Å². The highest BCUT2D eigenvalue weighted by Crippen LogP contribution is 1.94. The maximum Gasteiger partial charge on any atom is 0.610 e. The zero-order valence-electron chi connectivity index (χ0n) is 3.98. The molecule has 0 aromatic rings. The third kappa shape index (κ3) is 1.50. The van der Waals surface area contributed by atoms with Gasteiger partial charge in [0.15, 0.2) is 0 Å². The summed E-state index contributed by atoms with van der Waals surface area (Å²) in [5, 5.41) is 16.8. The average Bonchev–Trinajstić information content (AvgIpc) is 1.64. The Morgan fingerprint density at radius 1 is 1.12 bits per heavy atom. The van der Waals surface area contributed by atoms with Gasteiger partial charge in [-0.05, 0) is 0 Å². The molecule has 0 aromatic carbocycles. The lowest BCUT2D eigenvalue weighted by molar-refractivity contribution is 0.180. The number of hydrogen-bond acceptors (Lipinski definition) is 5. The third-order valence-electron chi connectivity index (χ3n) is 0.654. The van der Waals surface area contributed by atoms with Gasteiger partial charge in [-0.3, -0.25) is 0 Å². The molecule has 1 aliphatic heterocycles. The first-order valence-corrected chi connectivity index (χ1v) is 2.04. The summed E-state index contributed by atoms with van der Waals surface area (Å²) in [5.74, 6) is 0. The quantitative estimate of drug-likeness (QED) is 0.336. The monoisotopic (exact) mass is 116 g/mol. The molecule has 0 atom stereocenters. The summed E-state index contributed by atoms with van der Waals surface area (Å²) < 4.78 is 12.8. The van der Waals surface area contributed by atoms with E-state index >= 15 is 0 Å². The maximum absolute atomic E-state index is 8.40. The Balaban J connectivity index is 2.23. The fraction of sp³-hybridized carbons (Fsp3) is 0. The topological polar surface area (TPSA) is 68.2 Å². The molecule has 1 rings (SSSR count). The normalized spacial score (nSPS) is 20.8. The van der Waals surface area contributed by atoms with Crippen LogP contribution in [0.2, 0.25) is 0 Å². The second-order valence-electron chi connectivity index (χ2n) is 1.20. The average molecular weight is 115 g/mol. The molecule has 8 heteroatoms. The van der Waals surface area contributed by atoms with Gasteiger partial charge in [-0.25, -0.2) is 0 Å². The third-order valence-corrected chi connectivity index (χ3v) is 0.654. The first kappa shape index (κ1) is 6.12. The predicted octanol–water partition coefficient (Wildman–Crippen LogP) is -2.73. The van der Waals surface area contributed by atoms with Crippen LogP contribution >= 0.6 is 0 Å². The van der Waals surface area contributed by atoms with E-state index in [-0.39, 0.29) is 7.69 Å². The maximum atomic E-state index is 8.40. The predicted molar refractivity (Wildman–Crippen MR) is 26.3 cm³/mol. The fourth-order valence-electron chi connectivity index (χ4n) is 0.334. The molecular formula is H3B3O5. The van der Waals surface area contributed by atoms with Crippen molar-refractivity contribution >= 4 is 22.3 Å². The van der Waals surface area contributed by atoms with Crippen LogP contribution in [-0.2, 0) is 13.7 Å². The van der Waals surface area contributed by atoms with E-state index in [1.54, 1.807) is 0 Å². The van der Waals surface area contributed by atoms with Crippen LogP contribution in [0.15, 0.2) is 0 Å². The minimum atomic E-state index is -1.36. The fourth-order valence-corrected chi connectivity index (χ4v) is 0.334. The van der Waals surface area contributed by atoms with Crippen LogP contribution in [0.3, 0.4) is 0 Å². The molecule has 0 radical (unpaired) electrons. The van der Waals surface area contributed by atoms with Gasteiger partial charge in [0.1, 0.15) is 0 Å². The smallest absolute Gasteiger partial charge is 0.429 e. The van der Waals surface area contributed by atoms with Crippen molar-refractivity contribution in [1.29, 1.82) is 0 Å². The number of rotatable bonds is 0. The van der Waals surface area contributed by atoms with Gasteiger partial charge in [0.2, 0.25) is 0 Å². The van der Waals surface area contributed by atoms with Crippen LogP contribution in [0, 0.1) is 0 Å². The van der Waals surface area contributed by atoms with E-state index in [2.05, 4.69) is 13.7 Å². The Morgan fingerprint density at radius 3 is 1.88 bits per heavy atom. The van der Waals surface area contributed by atoms with Gasteiger partial charge >= 0.3 is 22.3 Å². The van der Waals surface area contributed by atoms with Crippen molar-refractivity contribution in [2.75, 3.05) is 0 Å². The lowest BCUT2D eigenvalue weighted by Crippen LogP contribution is -2.42. The standard InChI is InChI=1S/B3H3O5/c4-2-6-1-7-3(5)8-2/h1,4-5H. The molecule has 1 fully saturated rings. The molecule has 5 nitrogen and oxygen atoms in total. The Morgan fingerprint density at radius 2 is 1.62 bits per heavy atom. The summed E-state index contributed by atoms with van der Waals surface area (Å²) in [6.45, 7) is 0. The number of hydrogen-bond donors (Lipinski definition) is 2. The van der Waals surface area contributed by atoms with Crippen molar-refractivity contribution in [2.24, 2.45) is 0 Å². The van der Waals surface area contributed by atoms with Crippen molar-refractivity contribution < 1.29 is 23.8 Å². The minimum absolute atomic E-state index is 0.150. The molecular weight excluding hydrogens is 112 g/mol. The van der Waals surface area contributed by atoms with Gasteiger partial charge < -0.3 is 23.8 Å². The molecule has 1 saturated heterocycles. The van der Waals surface area contributed by atoms with Crippen LogP contribution in [0.5, 0.6) is 0 Å². The molecule has 8 heavy (non-hydrogen) atoms. The minimum Gasteiger partial charge on any atom is -0.429 e. The summed E-state index contributed by atoms with van der Waals surface area (Å²) in [7, 11) is -2.88. The van der Waals surface area contributed by atoms with E-state index in [0.29, 0.717) is 0 Å². The molecule has 0 aromatic heterocycles. The SMILES string of the molecule is OB1OBOB(O)O1. The molecule has 42 valence electrons. The summed E-state index contributed by atoms with van der Waals surface area (Å²) in [4.78, 5) is 0. The molecule has 0 unspecified atom stereocenters. The molecule has 0 bridgehead atoms. The Hall–Kier alpha value is -0.00519. The van der Waals surface area contributed by atoms with Crippen LogP contribution in [0.1, 0.15) is 0 Å². The van der Waals surface area contributed by atoms with Crippen molar-refractivity contribution in [3.63, 3.8) is 0 Å². The molecule has 0 spiro atoms. The Kier molecular flexibility index (Phi) is 1.92. The Bertz CT molecular complexity index is 66.1. The van der Waals surface area contributed by atoms with Gasteiger partial charge in [-0.2, -0.15) is 0 Å². The van der Waals surface area contributed by atoms with Gasteiger partial charge in [0.05, 0.1) is 0 Å². The van der Waals surface area contributed by atoms with E-state index in [4.69, 9.17) is 10.0 Å². The van der Waals surface area contributed by atoms with Gasteiger partial charge in [-0.1, -0.05) is 0 Å². The zero-order chi connectivity index (χ0) is 5.98. The van der Waals surface area contributed by atoms with Crippen LogP contribution < -0.4 is 0 Å². The summed E-state index contributed by atoms with van der Waals surface area (Å²) >= 11 is 0. The molecule has 2 N–H and O–H groups in total. The van der Waals surface area contributed by atoms with Gasteiger partial charge in [0, 0.05) is 0 Å². The molecule has 0 aliphatic carbocycles. The van der Waals surface area contributed by atoms with Crippen molar-refractivity contribution in [3.05, 3.63) is 0 Å². The van der Waals surface area contributed by atoms with E-state index in [9.17, 15) is 0 Å². The second-order valence-corrected chi connectivity index (χ2v) is 1.20. The Labute approximate surface area is 47.2 Å². The second kappa shape index (κ2) is 2.52. The van der Waals surface area contributed by atoms with Crippen LogP contribution in [0.4, 0.5) is 0 Å². The van der Waals surface area contributed by atoms with Crippen LogP contribution in [-0.4, -0.2) is 32.4 Å². The van der Waals surface area contributed by atoms with Crippen molar-refractivity contribution in [2.45, 2.75) is 0 Å². The first-order valence-electron chi connectivity index (χ1n) is 2.04. The van der Waals surface area contributed by atoms with E-state index in [0.717, 1.165) is 0 Å². The highest BCUT2D eigenvalue weighted by atomic mass is 16.8. The summed E-state index contributed by atoms with van der Waals surface area (Å²) in [6, 6.07) is 0. The largest absolute Gasteiger partial charge is 0.610 e. The summed E-state index contributed by atoms with van der Waals surface area (Å²) in [5.41, 5.74) is 0. The van der Waals surface area contributed by atoms with Crippen LogP contribution in [0.25, 0.3) is 0 Å². The molecule has 1 heterocycles. The lowest BCUT2D eigenvalue weighted by atomic mass is 10.0. The first-order chi connectivity index (χ1) is 3.79. The molecule has 0 saturated carbocycles. The lowest BCUT2D eigenvalue weighted by Gasteiger charge is -2.15. The zero-order valence-corrected chi connectivity index (χ0v) is 3.98. The van der Waals surface area contributed by atoms with E-state index in [1.807, 2.05) is 0 Å². The van der Waals surface area contributed by atoms with Crippen molar-refractivity contribution in [1.82, 2.24) is 0 Å². The van der Waals surface area contributed by atoms with E-state index < -0.39 is 14.6 Å². The molecule has 0 amide bonds. The van der Waals surface area contributed by atoms with Gasteiger partial charge in [0.25, 0.3) is 0 Å².